The van der Waals surface area contributed by atoms with Gasteiger partial charge in [-0.15, -0.1) is 11.3 Å². The van der Waals surface area contributed by atoms with Crippen molar-refractivity contribution >= 4 is 28.4 Å². The van der Waals surface area contributed by atoms with Crippen LogP contribution in [0.4, 0.5) is 9.93 Å². The maximum absolute atomic E-state index is 12.1. The lowest BCUT2D eigenvalue weighted by molar-refractivity contribution is -0.116. The number of carbonyl (C=O) groups is 2. The number of methoxy groups -OCH3 is 1. The lowest BCUT2D eigenvalue weighted by Crippen LogP contribution is -2.45. The fourth-order valence-corrected chi connectivity index (χ4v) is 2.63. The van der Waals surface area contributed by atoms with E-state index in [0.29, 0.717) is 24.8 Å². The minimum absolute atomic E-state index is 0.0288. The molecule has 8 heteroatoms. The Morgan fingerprint density at radius 1 is 1.35 bits per heavy atom. The van der Waals surface area contributed by atoms with Crippen molar-refractivity contribution in [1.82, 2.24) is 15.2 Å². The molecule has 2 N–H and O–H groups in total. The van der Waals surface area contributed by atoms with Gasteiger partial charge >= 0.3 is 6.03 Å². The van der Waals surface area contributed by atoms with Crippen LogP contribution >= 0.6 is 11.3 Å². The molecule has 23 heavy (non-hydrogen) atoms. The Kier molecular flexibility index (Phi) is 8.57. The molecule has 3 amide bonds. The normalized spacial score (nSPS) is 10.4. The third-order valence-electron chi connectivity index (χ3n) is 3.27. The van der Waals surface area contributed by atoms with Gasteiger partial charge in [0.25, 0.3) is 0 Å². The lowest BCUT2D eigenvalue weighted by atomic mass is 10.3. The summed E-state index contributed by atoms with van der Waals surface area (Å²) in [6, 6.07) is -0.253. The first-order valence-electron chi connectivity index (χ1n) is 7.73. The Bertz CT molecular complexity index is 499. The third-order valence-corrected chi connectivity index (χ3v) is 4.26. The molecule has 0 radical (unpaired) electrons. The number of anilines is 1. The number of rotatable bonds is 9. The van der Waals surface area contributed by atoms with E-state index in [1.165, 1.54) is 16.2 Å². The number of urea groups is 1. The van der Waals surface area contributed by atoms with Crippen molar-refractivity contribution in [3.8, 4) is 0 Å². The Hall–Kier alpha value is -1.67. The molecule has 0 saturated carbocycles. The molecule has 0 aliphatic carbocycles. The van der Waals surface area contributed by atoms with E-state index < -0.39 is 0 Å². The van der Waals surface area contributed by atoms with Crippen LogP contribution < -0.4 is 10.6 Å². The van der Waals surface area contributed by atoms with Crippen LogP contribution in [0, 0.1) is 13.8 Å². The molecular weight excluding hydrogens is 316 g/mol. The van der Waals surface area contributed by atoms with Crippen molar-refractivity contribution in [1.29, 1.82) is 0 Å². The Balaban J connectivity index is 2.56. The number of hydrogen-bond acceptors (Lipinski definition) is 5. The van der Waals surface area contributed by atoms with Crippen LogP contribution in [0.5, 0.6) is 0 Å². The van der Waals surface area contributed by atoms with E-state index in [9.17, 15) is 9.59 Å². The van der Waals surface area contributed by atoms with Gasteiger partial charge in [0.2, 0.25) is 5.91 Å². The van der Waals surface area contributed by atoms with Gasteiger partial charge in [0.05, 0.1) is 12.3 Å². The van der Waals surface area contributed by atoms with Gasteiger partial charge < -0.3 is 20.3 Å². The minimum Gasteiger partial charge on any atom is -0.383 e. The summed E-state index contributed by atoms with van der Waals surface area (Å²) >= 11 is 1.43. The second-order valence-electron chi connectivity index (χ2n) is 5.21. The van der Waals surface area contributed by atoms with Crippen molar-refractivity contribution in [2.75, 3.05) is 38.7 Å². The number of hydrogen-bond donors (Lipinski definition) is 2. The molecule has 0 unspecified atom stereocenters. The van der Waals surface area contributed by atoms with E-state index in [0.717, 1.165) is 23.4 Å². The van der Waals surface area contributed by atoms with E-state index in [2.05, 4.69) is 22.5 Å². The zero-order valence-electron chi connectivity index (χ0n) is 14.3. The van der Waals surface area contributed by atoms with Crippen molar-refractivity contribution in [3.05, 3.63) is 10.6 Å². The molecule has 7 nitrogen and oxygen atoms in total. The van der Waals surface area contributed by atoms with E-state index in [1.807, 2.05) is 13.8 Å². The van der Waals surface area contributed by atoms with E-state index in [4.69, 9.17) is 4.74 Å². The molecule has 0 aromatic carbocycles. The van der Waals surface area contributed by atoms with Crippen LogP contribution in [0.2, 0.25) is 0 Å². The highest BCUT2D eigenvalue weighted by atomic mass is 32.1. The quantitative estimate of drug-likeness (QED) is 0.674. The first-order valence-corrected chi connectivity index (χ1v) is 8.55. The highest BCUT2D eigenvalue weighted by molar-refractivity contribution is 7.15. The predicted octanol–water partition coefficient (Wildman–Crippen LogP) is 2.16. The van der Waals surface area contributed by atoms with Gasteiger partial charge in [-0.2, -0.15) is 0 Å². The van der Waals surface area contributed by atoms with Crippen LogP contribution in [0.1, 0.15) is 30.3 Å². The van der Waals surface area contributed by atoms with Gasteiger partial charge in [-0.25, -0.2) is 9.78 Å². The second-order valence-corrected chi connectivity index (χ2v) is 6.41. The summed E-state index contributed by atoms with van der Waals surface area (Å²) in [7, 11) is 1.56. The van der Waals surface area contributed by atoms with Crippen LogP contribution in [0.25, 0.3) is 0 Å². The van der Waals surface area contributed by atoms with Crippen LogP contribution in [-0.2, 0) is 9.53 Å². The molecule has 1 aromatic heterocycles. The summed E-state index contributed by atoms with van der Waals surface area (Å²) in [6.45, 7) is 7.22. The number of amides is 3. The van der Waals surface area contributed by atoms with Crippen LogP contribution in [0.3, 0.4) is 0 Å². The number of carbonyl (C=O) groups excluding carboxylic acids is 2. The Morgan fingerprint density at radius 3 is 2.65 bits per heavy atom. The SMILES string of the molecule is CCCCNC(=O)N(CCOC)CC(=O)Nc1nc(C)c(C)s1. The average Bonchev–Trinajstić information content (AvgIpc) is 2.81. The van der Waals surface area contributed by atoms with Crippen LogP contribution in [-0.4, -0.2) is 55.2 Å². The largest absolute Gasteiger partial charge is 0.383 e. The summed E-state index contributed by atoms with van der Waals surface area (Å²) in [5, 5.41) is 6.11. The number of aryl methyl sites for hydroxylation is 2. The summed E-state index contributed by atoms with van der Waals surface area (Å²) in [5.41, 5.74) is 0.902. The molecule has 1 aromatic rings. The van der Waals surface area contributed by atoms with Crippen molar-refractivity contribution < 1.29 is 14.3 Å². The van der Waals surface area contributed by atoms with Crippen LogP contribution in [0.15, 0.2) is 0 Å². The lowest BCUT2D eigenvalue weighted by Gasteiger charge is -2.22. The molecule has 0 fully saturated rings. The highest BCUT2D eigenvalue weighted by Gasteiger charge is 2.17. The number of nitrogens with zero attached hydrogens (tertiary/aromatic N) is 2. The Labute approximate surface area is 141 Å². The monoisotopic (exact) mass is 342 g/mol. The predicted molar refractivity (Wildman–Crippen MR) is 92.0 cm³/mol. The van der Waals surface area contributed by atoms with Crippen molar-refractivity contribution in [2.24, 2.45) is 0 Å². The molecule has 0 aliphatic rings. The minimum atomic E-state index is -0.263. The maximum atomic E-state index is 12.1. The van der Waals surface area contributed by atoms with Gasteiger partial charge in [-0.3, -0.25) is 4.79 Å². The molecule has 0 atom stereocenters. The number of unbranched alkanes of at least 4 members (excludes halogenated alkanes) is 1. The first-order chi connectivity index (χ1) is 11.0. The molecule has 1 rings (SSSR count). The summed E-state index contributed by atoms with van der Waals surface area (Å²) in [6.07, 6.45) is 1.91. The zero-order valence-corrected chi connectivity index (χ0v) is 15.1. The molecule has 130 valence electrons. The topological polar surface area (TPSA) is 83.6 Å². The average molecular weight is 342 g/mol. The third kappa shape index (κ3) is 6.96. The first kappa shape index (κ1) is 19.4. The maximum Gasteiger partial charge on any atom is 0.317 e. The molecule has 0 bridgehead atoms. The molecule has 0 saturated heterocycles. The highest BCUT2D eigenvalue weighted by Crippen LogP contribution is 2.20. The van der Waals surface area contributed by atoms with E-state index in [-0.39, 0.29) is 18.5 Å². The fourth-order valence-electron chi connectivity index (χ4n) is 1.80. The van der Waals surface area contributed by atoms with E-state index in [1.54, 1.807) is 7.11 Å². The van der Waals surface area contributed by atoms with Crippen molar-refractivity contribution in [3.63, 3.8) is 0 Å². The number of aromatic nitrogens is 1. The molecule has 0 spiro atoms. The van der Waals surface area contributed by atoms with Gasteiger partial charge in [0, 0.05) is 25.1 Å². The van der Waals surface area contributed by atoms with Gasteiger partial charge in [-0.05, 0) is 20.3 Å². The molecule has 1 heterocycles. The smallest absolute Gasteiger partial charge is 0.317 e. The van der Waals surface area contributed by atoms with Gasteiger partial charge in [0.1, 0.15) is 6.54 Å². The summed E-state index contributed by atoms with van der Waals surface area (Å²) in [4.78, 5) is 31.0. The summed E-state index contributed by atoms with van der Waals surface area (Å²) < 4.78 is 5.00. The van der Waals surface area contributed by atoms with Crippen molar-refractivity contribution in [2.45, 2.75) is 33.6 Å². The fraction of sp³-hybridized carbons (Fsp3) is 0.667. The molecular formula is C15H26N4O3S. The van der Waals surface area contributed by atoms with E-state index >= 15 is 0 Å². The standard InChI is InChI=1S/C15H26N4O3S/c1-5-6-7-16-15(21)19(8-9-22-4)10-13(20)18-14-17-11(2)12(3)23-14/h5-10H2,1-4H3,(H,16,21)(H,17,18,20). The number of nitrogens with one attached hydrogen (secondary N) is 2. The molecule has 0 aliphatic heterocycles. The number of thiazole rings is 1. The zero-order chi connectivity index (χ0) is 17.2. The van der Waals surface area contributed by atoms with Gasteiger partial charge in [-0.1, -0.05) is 13.3 Å². The summed E-state index contributed by atoms with van der Waals surface area (Å²) in [5.74, 6) is -0.263. The van der Waals surface area contributed by atoms with Gasteiger partial charge in [0.15, 0.2) is 5.13 Å². The Morgan fingerprint density at radius 2 is 2.09 bits per heavy atom. The second kappa shape index (κ2) is 10.2. The number of ether oxygens (including phenoxy) is 1.